The van der Waals surface area contributed by atoms with Crippen LogP contribution in [0.4, 0.5) is 0 Å². The highest BCUT2D eigenvalue weighted by Crippen LogP contribution is 2.11. The Bertz CT molecular complexity index is 576. The van der Waals surface area contributed by atoms with Crippen LogP contribution >= 0.6 is 0 Å². The number of nitrogens with zero attached hydrogens (tertiary/aromatic N) is 2. The molecular formula is C17H23N3O. The van der Waals surface area contributed by atoms with Crippen LogP contribution in [0.25, 0.3) is 0 Å². The first-order valence-corrected chi connectivity index (χ1v) is 7.19. The number of hydrogen-bond acceptors (Lipinski definition) is 4. The normalized spacial score (nSPS) is 11.4. The second-order valence-corrected chi connectivity index (χ2v) is 6.12. The first-order chi connectivity index (χ1) is 9.92. The Balaban J connectivity index is 2.01. The highest BCUT2D eigenvalue weighted by molar-refractivity contribution is 5.21. The Labute approximate surface area is 126 Å². The molecule has 0 saturated heterocycles. The van der Waals surface area contributed by atoms with Crippen LogP contribution in [0.15, 0.2) is 36.4 Å². The molecule has 0 spiro atoms. The number of benzene rings is 1. The van der Waals surface area contributed by atoms with E-state index in [9.17, 15) is 0 Å². The fraction of sp³-hybridized carbons (Fsp3) is 0.412. The van der Waals surface area contributed by atoms with Gasteiger partial charge in [0.05, 0.1) is 5.69 Å². The summed E-state index contributed by atoms with van der Waals surface area (Å²) in [5, 5.41) is 3.44. The van der Waals surface area contributed by atoms with E-state index < -0.39 is 0 Å². The Morgan fingerprint density at radius 3 is 2.48 bits per heavy atom. The monoisotopic (exact) mass is 285 g/mol. The summed E-state index contributed by atoms with van der Waals surface area (Å²) in [5.74, 6) is 1.54. The minimum absolute atomic E-state index is 0.0690. The standard InChI is InChI=1S/C17H23N3O/c1-13-10-14(11-18-17(2,3)4)20-16(19-13)12-21-15-8-6-5-7-9-15/h5-10,18H,11-12H2,1-4H3. The van der Waals surface area contributed by atoms with E-state index in [4.69, 9.17) is 4.74 Å². The zero-order valence-electron chi connectivity index (χ0n) is 13.2. The third kappa shape index (κ3) is 5.52. The van der Waals surface area contributed by atoms with Gasteiger partial charge in [-0.25, -0.2) is 9.97 Å². The highest BCUT2D eigenvalue weighted by atomic mass is 16.5. The second kappa shape index (κ2) is 6.68. The molecule has 0 aliphatic rings. The van der Waals surface area contributed by atoms with Crippen molar-refractivity contribution in [1.29, 1.82) is 0 Å². The largest absolute Gasteiger partial charge is 0.486 e. The summed E-state index contributed by atoms with van der Waals surface area (Å²) in [6.45, 7) is 9.51. The molecule has 1 N–H and O–H groups in total. The number of hydrogen-bond donors (Lipinski definition) is 1. The fourth-order valence-electron chi connectivity index (χ4n) is 1.88. The van der Waals surface area contributed by atoms with Gasteiger partial charge in [-0.15, -0.1) is 0 Å². The molecule has 0 radical (unpaired) electrons. The minimum Gasteiger partial charge on any atom is -0.486 e. The lowest BCUT2D eigenvalue weighted by Crippen LogP contribution is -2.35. The Morgan fingerprint density at radius 1 is 1.10 bits per heavy atom. The molecule has 0 unspecified atom stereocenters. The molecule has 0 saturated carbocycles. The summed E-state index contributed by atoms with van der Waals surface area (Å²) in [6.07, 6.45) is 0. The zero-order valence-corrected chi connectivity index (χ0v) is 13.2. The van der Waals surface area contributed by atoms with E-state index in [1.165, 1.54) is 0 Å². The molecule has 4 heteroatoms. The Hall–Kier alpha value is -1.94. The van der Waals surface area contributed by atoms with Crippen molar-refractivity contribution in [2.75, 3.05) is 0 Å². The third-order valence-corrected chi connectivity index (χ3v) is 2.86. The van der Waals surface area contributed by atoms with E-state index in [0.717, 1.165) is 23.7 Å². The molecule has 1 aromatic carbocycles. The molecule has 0 fully saturated rings. The molecule has 2 aromatic rings. The summed E-state index contributed by atoms with van der Waals surface area (Å²) in [4.78, 5) is 8.98. The molecular weight excluding hydrogens is 262 g/mol. The van der Waals surface area contributed by atoms with Crippen molar-refractivity contribution >= 4 is 0 Å². The molecule has 0 bridgehead atoms. The Kier molecular flexibility index (Phi) is 4.91. The van der Waals surface area contributed by atoms with Crippen LogP contribution in [-0.4, -0.2) is 15.5 Å². The predicted octanol–water partition coefficient (Wildman–Crippen LogP) is 3.25. The van der Waals surface area contributed by atoms with Crippen LogP contribution in [0.3, 0.4) is 0 Å². The van der Waals surface area contributed by atoms with Gasteiger partial charge in [0.25, 0.3) is 0 Å². The molecule has 1 heterocycles. The number of rotatable bonds is 5. The van der Waals surface area contributed by atoms with Gasteiger partial charge in [-0.1, -0.05) is 18.2 Å². The molecule has 1 aromatic heterocycles. The number of aromatic nitrogens is 2. The molecule has 0 amide bonds. The molecule has 21 heavy (non-hydrogen) atoms. The average molecular weight is 285 g/mol. The maximum absolute atomic E-state index is 5.70. The van der Waals surface area contributed by atoms with Gasteiger partial charge in [0.1, 0.15) is 12.4 Å². The van der Waals surface area contributed by atoms with Crippen LogP contribution in [0.2, 0.25) is 0 Å². The van der Waals surface area contributed by atoms with Gasteiger partial charge in [0.15, 0.2) is 5.82 Å². The van der Waals surface area contributed by atoms with Crippen molar-refractivity contribution in [3.63, 3.8) is 0 Å². The lowest BCUT2D eigenvalue weighted by atomic mass is 10.1. The smallest absolute Gasteiger partial charge is 0.166 e. The first-order valence-electron chi connectivity index (χ1n) is 7.19. The van der Waals surface area contributed by atoms with Gasteiger partial charge in [-0.3, -0.25) is 0 Å². The summed E-state index contributed by atoms with van der Waals surface area (Å²) >= 11 is 0. The van der Waals surface area contributed by atoms with Gasteiger partial charge in [-0.05, 0) is 45.9 Å². The van der Waals surface area contributed by atoms with E-state index in [0.29, 0.717) is 12.4 Å². The van der Waals surface area contributed by atoms with Crippen LogP contribution in [-0.2, 0) is 13.2 Å². The van der Waals surface area contributed by atoms with Crippen molar-refractivity contribution in [2.24, 2.45) is 0 Å². The molecule has 0 aliphatic heterocycles. The lowest BCUT2D eigenvalue weighted by Gasteiger charge is -2.20. The maximum atomic E-state index is 5.70. The fourth-order valence-corrected chi connectivity index (χ4v) is 1.88. The zero-order chi connectivity index (χ0) is 15.3. The van der Waals surface area contributed by atoms with E-state index in [1.54, 1.807) is 0 Å². The highest BCUT2D eigenvalue weighted by Gasteiger charge is 2.10. The van der Waals surface area contributed by atoms with Crippen molar-refractivity contribution in [1.82, 2.24) is 15.3 Å². The SMILES string of the molecule is Cc1cc(CNC(C)(C)C)nc(COc2ccccc2)n1. The van der Waals surface area contributed by atoms with E-state index in [1.807, 2.05) is 43.3 Å². The van der Waals surface area contributed by atoms with Crippen molar-refractivity contribution in [3.05, 3.63) is 53.6 Å². The lowest BCUT2D eigenvalue weighted by molar-refractivity contribution is 0.294. The summed E-state index contributed by atoms with van der Waals surface area (Å²) in [7, 11) is 0. The molecule has 4 nitrogen and oxygen atoms in total. The van der Waals surface area contributed by atoms with Gasteiger partial charge < -0.3 is 10.1 Å². The van der Waals surface area contributed by atoms with Gasteiger partial charge in [0.2, 0.25) is 0 Å². The van der Waals surface area contributed by atoms with Crippen molar-refractivity contribution in [3.8, 4) is 5.75 Å². The van der Waals surface area contributed by atoms with Crippen LogP contribution < -0.4 is 10.1 Å². The molecule has 112 valence electrons. The summed E-state index contributed by atoms with van der Waals surface area (Å²) in [5.41, 5.74) is 2.02. The molecule has 0 atom stereocenters. The van der Waals surface area contributed by atoms with Crippen LogP contribution in [0.5, 0.6) is 5.75 Å². The summed E-state index contributed by atoms with van der Waals surface area (Å²) in [6, 6.07) is 11.7. The first kappa shape index (κ1) is 15.4. The van der Waals surface area contributed by atoms with Gasteiger partial charge >= 0.3 is 0 Å². The second-order valence-electron chi connectivity index (χ2n) is 6.12. The van der Waals surface area contributed by atoms with Crippen LogP contribution in [0.1, 0.15) is 38.0 Å². The number of ether oxygens (including phenoxy) is 1. The molecule has 2 rings (SSSR count). The topological polar surface area (TPSA) is 47.0 Å². The number of nitrogens with one attached hydrogen (secondary N) is 1. The minimum atomic E-state index is 0.0690. The number of aryl methyl sites for hydroxylation is 1. The average Bonchev–Trinajstić information content (AvgIpc) is 2.43. The van der Waals surface area contributed by atoms with Gasteiger partial charge in [0, 0.05) is 17.8 Å². The van der Waals surface area contributed by atoms with Crippen LogP contribution in [0, 0.1) is 6.92 Å². The third-order valence-electron chi connectivity index (χ3n) is 2.86. The van der Waals surface area contributed by atoms with E-state index in [2.05, 4.69) is 36.1 Å². The quantitative estimate of drug-likeness (QED) is 0.916. The van der Waals surface area contributed by atoms with Gasteiger partial charge in [-0.2, -0.15) is 0 Å². The maximum Gasteiger partial charge on any atom is 0.166 e. The summed E-state index contributed by atoms with van der Waals surface area (Å²) < 4.78 is 5.70. The predicted molar refractivity (Wildman–Crippen MR) is 84.1 cm³/mol. The van der Waals surface area contributed by atoms with Crippen molar-refractivity contribution < 1.29 is 4.74 Å². The van der Waals surface area contributed by atoms with Crippen molar-refractivity contribution in [2.45, 2.75) is 46.4 Å². The molecule has 0 aliphatic carbocycles. The number of para-hydroxylation sites is 1. The Morgan fingerprint density at radius 2 is 1.81 bits per heavy atom. The van der Waals surface area contributed by atoms with E-state index in [-0.39, 0.29) is 5.54 Å². The van der Waals surface area contributed by atoms with E-state index >= 15 is 0 Å².